The highest BCUT2D eigenvalue weighted by Gasteiger charge is 2.61. The molecule has 37 heavy (non-hydrogen) atoms. The number of fused-ring (bicyclic) bond motifs is 5. The molecule has 2 saturated carbocycles. The van der Waals surface area contributed by atoms with E-state index in [-0.39, 0.29) is 42.5 Å². The molecule has 4 fully saturated rings. The zero-order valence-electron chi connectivity index (χ0n) is 21.0. The van der Waals surface area contributed by atoms with Gasteiger partial charge in [0.1, 0.15) is 11.5 Å². The fourth-order valence-corrected chi connectivity index (χ4v) is 6.79. The first-order valence-electron chi connectivity index (χ1n) is 13.1. The van der Waals surface area contributed by atoms with Crippen LogP contribution in [0.25, 0.3) is 0 Å². The molecule has 2 saturated heterocycles. The number of imide groups is 1. The molecule has 2 bridgehead atoms. The van der Waals surface area contributed by atoms with E-state index in [1.54, 1.807) is 47.4 Å². The molecule has 192 valence electrons. The Kier molecular flexibility index (Phi) is 5.77. The van der Waals surface area contributed by atoms with Crippen molar-refractivity contribution in [1.29, 1.82) is 0 Å². The van der Waals surface area contributed by atoms with Crippen LogP contribution in [-0.4, -0.2) is 36.8 Å². The van der Waals surface area contributed by atoms with Crippen LogP contribution < -0.4 is 19.3 Å². The highest BCUT2D eigenvalue weighted by Crippen LogP contribution is 2.56. The summed E-state index contributed by atoms with van der Waals surface area (Å²) >= 11 is 0. The molecule has 0 aromatic heterocycles. The van der Waals surface area contributed by atoms with Gasteiger partial charge in [-0.2, -0.15) is 0 Å². The maximum absolute atomic E-state index is 13.2. The van der Waals surface area contributed by atoms with E-state index in [1.165, 1.54) is 4.90 Å². The van der Waals surface area contributed by atoms with Crippen molar-refractivity contribution < 1.29 is 28.7 Å². The molecule has 0 radical (unpaired) electrons. The lowest BCUT2D eigenvalue weighted by atomic mass is 9.81. The van der Waals surface area contributed by atoms with Gasteiger partial charge in [-0.3, -0.25) is 19.2 Å². The molecule has 8 nitrogen and oxygen atoms in total. The summed E-state index contributed by atoms with van der Waals surface area (Å²) in [6, 6.07) is 12.2. The topological polar surface area (TPSA) is 93.2 Å². The first-order chi connectivity index (χ1) is 17.9. The van der Waals surface area contributed by atoms with Crippen LogP contribution in [0.5, 0.6) is 11.5 Å². The van der Waals surface area contributed by atoms with Crippen LogP contribution in [0.15, 0.2) is 42.5 Å². The summed E-state index contributed by atoms with van der Waals surface area (Å²) in [7, 11) is 0. The Morgan fingerprint density at radius 2 is 1.59 bits per heavy atom. The lowest BCUT2D eigenvalue weighted by Gasteiger charge is -2.20. The van der Waals surface area contributed by atoms with E-state index in [4.69, 9.17) is 9.47 Å². The molecular weight excluding hydrogens is 472 g/mol. The summed E-state index contributed by atoms with van der Waals surface area (Å²) in [4.78, 5) is 54.8. The van der Waals surface area contributed by atoms with Crippen molar-refractivity contribution in [3.05, 3.63) is 48.0 Å². The van der Waals surface area contributed by atoms with Gasteiger partial charge >= 0.3 is 5.97 Å². The van der Waals surface area contributed by atoms with Crippen LogP contribution in [-0.2, 0) is 19.2 Å². The number of carbonyl (C=O) groups excluding carboxylic acids is 4. The van der Waals surface area contributed by atoms with Gasteiger partial charge in [0.05, 0.1) is 30.0 Å². The van der Waals surface area contributed by atoms with Crippen molar-refractivity contribution in [3.63, 3.8) is 0 Å². The molecule has 4 aliphatic rings. The van der Waals surface area contributed by atoms with Gasteiger partial charge in [-0.15, -0.1) is 0 Å². The molecule has 0 N–H and O–H groups in total. The van der Waals surface area contributed by atoms with Gasteiger partial charge in [-0.05, 0) is 93.0 Å². The molecule has 2 aliphatic carbocycles. The highest BCUT2D eigenvalue weighted by atomic mass is 16.5. The molecule has 5 atom stereocenters. The summed E-state index contributed by atoms with van der Waals surface area (Å²) < 4.78 is 11.1. The summed E-state index contributed by atoms with van der Waals surface area (Å²) in [6.45, 7) is 4.51. The lowest BCUT2D eigenvalue weighted by molar-refractivity contribution is -0.139. The fourth-order valence-electron chi connectivity index (χ4n) is 6.79. The van der Waals surface area contributed by atoms with E-state index < -0.39 is 11.9 Å². The molecule has 2 aromatic rings. The normalized spacial score (nSPS) is 28.3. The molecule has 2 aliphatic heterocycles. The first-order valence-corrected chi connectivity index (χ1v) is 13.1. The number of ether oxygens (including phenoxy) is 2. The summed E-state index contributed by atoms with van der Waals surface area (Å²) in [5.41, 5.74) is 1.96. The van der Waals surface area contributed by atoms with Gasteiger partial charge < -0.3 is 14.4 Å². The van der Waals surface area contributed by atoms with Crippen molar-refractivity contribution in [1.82, 2.24) is 0 Å². The van der Waals surface area contributed by atoms with Crippen LogP contribution in [0.3, 0.4) is 0 Å². The third-order valence-electron chi connectivity index (χ3n) is 8.47. The second kappa shape index (κ2) is 9.01. The number of hydrogen-bond acceptors (Lipinski definition) is 6. The smallest absolute Gasteiger partial charge is 0.316 e. The largest absolute Gasteiger partial charge is 0.494 e. The SMILES string of the molecule is CCOc1ccc(N2C[C@@H](C(=O)Oc3ccc(N4C(=O)[C@@H]5[C@@H]6CC[C@@H](C6)[C@@H]5C4=O)c(C)c3)CC2=O)cc1. The number of hydrogen-bond donors (Lipinski definition) is 0. The van der Waals surface area contributed by atoms with Crippen LogP contribution >= 0.6 is 0 Å². The van der Waals surface area contributed by atoms with Crippen molar-refractivity contribution in [2.75, 3.05) is 23.0 Å². The van der Waals surface area contributed by atoms with Gasteiger partial charge in [-0.1, -0.05) is 0 Å². The van der Waals surface area contributed by atoms with Gasteiger partial charge in [0.2, 0.25) is 17.7 Å². The van der Waals surface area contributed by atoms with E-state index in [9.17, 15) is 19.2 Å². The number of carbonyl (C=O) groups is 4. The van der Waals surface area contributed by atoms with Gasteiger partial charge in [-0.25, -0.2) is 4.90 Å². The predicted octanol–water partition coefficient (Wildman–Crippen LogP) is 3.89. The number of amides is 3. The number of aryl methyl sites for hydroxylation is 1. The maximum atomic E-state index is 13.2. The van der Waals surface area contributed by atoms with Crippen LogP contribution in [0.1, 0.15) is 38.2 Å². The zero-order valence-corrected chi connectivity index (χ0v) is 21.0. The molecule has 3 amide bonds. The standard InChI is InChI=1S/C29H30N2O6/c1-3-36-21-8-6-20(7-9-21)30-15-19(14-24(30)32)29(35)37-22-10-11-23(16(2)12-22)31-27(33)25-17-4-5-18(13-17)26(25)28(31)34/h6-12,17-19,25-26H,3-5,13-15H2,1-2H3/t17-,18+,19-,25-,26+/m0/s1. The third kappa shape index (κ3) is 3.90. The van der Waals surface area contributed by atoms with Crippen LogP contribution in [0.2, 0.25) is 0 Å². The zero-order chi connectivity index (χ0) is 25.8. The molecule has 2 aromatic carbocycles. The lowest BCUT2D eigenvalue weighted by Crippen LogP contribution is -2.33. The fraction of sp³-hybridized carbons (Fsp3) is 0.448. The Morgan fingerprint density at radius 1 is 0.946 bits per heavy atom. The average Bonchev–Trinajstić information content (AvgIpc) is 3.64. The number of benzene rings is 2. The number of rotatable bonds is 6. The highest BCUT2D eigenvalue weighted by molar-refractivity contribution is 6.23. The van der Waals surface area contributed by atoms with E-state index in [1.807, 2.05) is 13.8 Å². The van der Waals surface area contributed by atoms with E-state index in [0.717, 1.165) is 25.0 Å². The summed E-state index contributed by atoms with van der Waals surface area (Å²) in [6.07, 6.45) is 3.14. The van der Waals surface area contributed by atoms with Gasteiger partial charge in [0.25, 0.3) is 0 Å². The Morgan fingerprint density at radius 3 is 2.22 bits per heavy atom. The monoisotopic (exact) mass is 502 g/mol. The van der Waals surface area contributed by atoms with E-state index in [2.05, 4.69) is 0 Å². The minimum absolute atomic E-state index is 0.0744. The average molecular weight is 503 g/mol. The maximum Gasteiger partial charge on any atom is 0.316 e. The number of nitrogens with zero attached hydrogens (tertiary/aromatic N) is 2. The van der Waals surface area contributed by atoms with Gasteiger partial charge in [0.15, 0.2) is 0 Å². The predicted molar refractivity (Wildman–Crippen MR) is 135 cm³/mol. The number of esters is 1. The molecule has 0 spiro atoms. The molecular formula is C29H30N2O6. The van der Waals surface area contributed by atoms with Crippen molar-refractivity contribution in [3.8, 4) is 11.5 Å². The van der Waals surface area contributed by atoms with Crippen LogP contribution in [0, 0.1) is 36.5 Å². The Balaban J connectivity index is 1.13. The van der Waals surface area contributed by atoms with E-state index in [0.29, 0.717) is 41.1 Å². The molecule has 2 heterocycles. The van der Waals surface area contributed by atoms with Crippen molar-refractivity contribution in [2.45, 2.75) is 39.5 Å². The molecule has 0 unspecified atom stereocenters. The summed E-state index contributed by atoms with van der Waals surface area (Å²) in [5.74, 6) is -0.0301. The minimum Gasteiger partial charge on any atom is -0.494 e. The second-order valence-electron chi connectivity index (χ2n) is 10.6. The Bertz CT molecular complexity index is 1260. The molecule has 8 heteroatoms. The Labute approximate surface area is 215 Å². The van der Waals surface area contributed by atoms with Crippen molar-refractivity contribution >= 4 is 35.1 Å². The Hall–Kier alpha value is -3.68. The third-order valence-corrected chi connectivity index (χ3v) is 8.47. The second-order valence-corrected chi connectivity index (χ2v) is 10.6. The molecule has 6 rings (SSSR count). The van der Waals surface area contributed by atoms with Crippen LogP contribution in [0.4, 0.5) is 11.4 Å². The number of anilines is 2. The first kappa shape index (κ1) is 23.7. The minimum atomic E-state index is -0.587. The van der Waals surface area contributed by atoms with Gasteiger partial charge in [0, 0.05) is 18.7 Å². The van der Waals surface area contributed by atoms with Crippen molar-refractivity contribution in [2.24, 2.45) is 29.6 Å². The summed E-state index contributed by atoms with van der Waals surface area (Å²) in [5, 5.41) is 0. The quantitative estimate of drug-likeness (QED) is 0.338. The van der Waals surface area contributed by atoms with E-state index >= 15 is 0 Å².